The van der Waals surface area contributed by atoms with Crippen molar-refractivity contribution in [3.8, 4) is 0 Å². The van der Waals surface area contributed by atoms with E-state index in [1.165, 1.54) is 31.4 Å². The van der Waals surface area contributed by atoms with Crippen molar-refractivity contribution in [1.29, 1.82) is 0 Å². The molecule has 1 unspecified atom stereocenters. The molecule has 0 amide bonds. The summed E-state index contributed by atoms with van der Waals surface area (Å²) < 4.78 is 0. The molecule has 1 atom stereocenters. The van der Waals surface area contributed by atoms with Crippen LogP contribution in [0, 0.1) is 5.92 Å². The Morgan fingerprint density at radius 3 is 2.88 bits per heavy atom. The Labute approximate surface area is 98.5 Å². The van der Waals surface area contributed by atoms with Gasteiger partial charge < -0.3 is 5.32 Å². The second-order valence-electron chi connectivity index (χ2n) is 4.81. The molecule has 1 heterocycles. The van der Waals surface area contributed by atoms with E-state index in [4.69, 9.17) is 0 Å². The van der Waals surface area contributed by atoms with E-state index in [0.29, 0.717) is 6.04 Å². The monoisotopic (exact) mass is 218 g/mol. The molecule has 1 aromatic rings. The minimum atomic E-state index is 0.616. The Balaban J connectivity index is 1.86. The maximum atomic E-state index is 4.41. The highest BCUT2D eigenvalue weighted by Gasteiger charge is 2.21. The van der Waals surface area contributed by atoms with Gasteiger partial charge in [-0.1, -0.05) is 32.3 Å². The maximum absolute atomic E-state index is 4.41. The number of rotatable bonds is 6. The number of hydrogen-bond acceptors (Lipinski definition) is 2. The van der Waals surface area contributed by atoms with E-state index in [9.17, 15) is 0 Å². The van der Waals surface area contributed by atoms with Crippen LogP contribution in [0.2, 0.25) is 0 Å². The van der Waals surface area contributed by atoms with Crippen LogP contribution in [-0.2, 0) is 6.42 Å². The van der Waals surface area contributed by atoms with Crippen molar-refractivity contribution in [2.24, 2.45) is 5.92 Å². The van der Waals surface area contributed by atoms with E-state index in [1.54, 1.807) is 0 Å². The molecule has 1 saturated carbocycles. The molecule has 0 aliphatic heterocycles. The first-order valence-corrected chi connectivity index (χ1v) is 6.51. The molecule has 16 heavy (non-hydrogen) atoms. The molecule has 2 nitrogen and oxygen atoms in total. The summed E-state index contributed by atoms with van der Waals surface area (Å²) in [6.07, 6.45) is 8.60. The van der Waals surface area contributed by atoms with Gasteiger partial charge in [0.2, 0.25) is 0 Å². The zero-order chi connectivity index (χ0) is 11.2. The molecule has 88 valence electrons. The number of aromatic nitrogens is 1. The average Bonchev–Trinajstić information content (AvgIpc) is 2.25. The van der Waals surface area contributed by atoms with Gasteiger partial charge in [0.05, 0.1) is 0 Å². The summed E-state index contributed by atoms with van der Waals surface area (Å²) in [5.74, 6) is 0.966. The average molecular weight is 218 g/mol. The predicted molar refractivity (Wildman–Crippen MR) is 67.4 cm³/mol. The van der Waals surface area contributed by atoms with Crippen molar-refractivity contribution < 1.29 is 0 Å². The number of pyridine rings is 1. The van der Waals surface area contributed by atoms with E-state index in [2.05, 4.69) is 29.4 Å². The Morgan fingerprint density at radius 2 is 2.31 bits per heavy atom. The molecule has 0 bridgehead atoms. The first-order valence-electron chi connectivity index (χ1n) is 6.51. The molecule has 0 saturated heterocycles. The van der Waals surface area contributed by atoms with Crippen molar-refractivity contribution in [2.45, 2.75) is 45.1 Å². The molecule has 1 N–H and O–H groups in total. The summed E-state index contributed by atoms with van der Waals surface area (Å²) in [5, 5.41) is 3.59. The Bertz CT molecular complexity index is 293. The van der Waals surface area contributed by atoms with Gasteiger partial charge in [0, 0.05) is 24.4 Å². The molecule has 2 rings (SSSR count). The number of nitrogens with one attached hydrogen (secondary N) is 1. The van der Waals surface area contributed by atoms with Gasteiger partial charge in [-0.3, -0.25) is 4.98 Å². The van der Waals surface area contributed by atoms with Crippen LogP contribution in [0.25, 0.3) is 0 Å². The van der Waals surface area contributed by atoms with E-state index in [-0.39, 0.29) is 0 Å². The fraction of sp³-hybridized carbons (Fsp3) is 0.643. The van der Waals surface area contributed by atoms with Gasteiger partial charge in [0.25, 0.3) is 0 Å². The van der Waals surface area contributed by atoms with Gasteiger partial charge in [0.1, 0.15) is 0 Å². The SMILES string of the molecule is CCNC(Cc1ccccn1)CC1CCC1. The molecule has 0 aromatic carbocycles. The van der Waals surface area contributed by atoms with E-state index < -0.39 is 0 Å². The van der Waals surface area contributed by atoms with Gasteiger partial charge in [-0.25, -0.2) is 0 Å². The molecular formula is C14H22N2. The first-order chi connectivity index (χ1) is 7.88. The van der Waals surface area contributed by atoms with Crippen LogP contribution in [0.15, 0.2) is 24.4 Å². The maximum Gasteiger partial charge on any atom is 0.0419 e. The zero-order valence-corrected chi connectivity index (χ0v) is 10.2. The molecule has 1 fully saturated rings. The van der Waals surface area contributed by atoms with Crippen molar-refractivity contribution in [2.75, 3.05) is 6.54 Å². The van der Waals surface area contributed by atoms with Crippen LogP contribution in [-0.4, -0.2) is 17.6 Å². The van der Waals surface area contributed by atoms with Crippen LogP contribution in [0.1, 0.15) is 38.3 Å². The lowest BCUT2D eigenvalue weighted by molar-refractivity contribution is 0.259. The Hall–Kier alpha value is -0.890. The van der Waals surface area contributed by atoms with Crippen LogP contribution in [0.3, 0.4) is 0 Å². The van der Waals surface area contributed by atoms with E-state index in [0.717, 1.165) is 18.9 Å². The van der Waals surface area contributed by atoms with Crippen LogP contribution < -0.4 is 5.32 Å². The molecule has 0 spiro atoms. The Morgan fingerprint density at radius 1 is 1.44 bits per heavy atom. The first kappa shape index (κ1) is 11.6. The van der Waals surface area contributed by atoms with Crippen molar-refractivity contribution in [3.63, 3.8) is 0 Å². The van der Waals surface area contributed by atoms with Gasteiger partial charge in [-0.05, 0) is 31.0 Å². The number of hydrogen-bond donors (Lipinski definition) is 1. The molecule has 1 aliphatic rings. The summed E-state index contributed by atoms with van der Waals surface area (Å²) in [5.41, 5.74) is 1.22. The quantitative estimate of drug-likeness (QED) is 0.794. The van der Waals surface area contributed by atoms with Gasteiger partial charge >= 0.3 is 0 Å². The van der Waals surface area contributed by atoms with E-state index in [1.807, 2.05) is 12.3 Å². The highest BCUT2D eigenvalue weighted by molar-refractivity contribution is 5.05. The zero-order valence-electron chi connectivity index (χ0n) is 10.2. The third-order valence-electron chi connectivity index (χ3n) is 3.52. The summed E-state index contributed by atoms with van der Waals surface area (Å²) >= 11 is 0. The Kier molecular flexibility index (Phi) is 4.34. The number of nitrogens with zero attached hydrogens (tertiary/aromatic N) is 1. The minimum absolute atomic E-state index is 0.616. The topological polar surface area (TPSA) is 24.9 Å². The highest BCUT2D eigenvalue weighted by Crippen LogP contribution is 2.30. The summed E-state index contributed by atoms with van der Waals surface area (Å²) in [7, 11) is 0. The second kappa shape index (κ2) is 6.00. The lowest BCUT2D eigenvalue weighted by atomic mass is 9.80. The van der Waals surface area contributed by atoms with Crippen molar-refractivity contribution in [3.05, 3.63) is 30.1 Å². The normalized spacial score (nSPS) is 18.1. The largest absolute Gasteiger partial charge is 0.314 e. The van der Waals surface area contributed by atoms with Gasteiger partial charge in [0.15, 0.2) is 0 Å². The highest BCUT2D eigenvalue weighted by atomic mass is 14.9. The smallest absolute Gasteiger partial charge is 0.0419 e. The number of likely N-dealkylation sites (N-methyl/N-ethyl adjacent to an activating group) is 1. The van der Waals surface area contributed by atoms with Crippen LogP contribution >= 0.6 is 0 Å². The summed E-state index contributed by atoms with van der Waals surface area (Å²) in [4.78, 5) is 4.41. The summed E-state index contributed by atoms with van der Waals surface area (Å²) in [6, 6.07) is 6.81. The standard InChI is InChI=1S/C14H22N2/c1-2-15-14(10-12-6-5-7-12)11-13-8-3-4-9-16-13/h3-4,8-9,12,14-15H,2,5-7,10-11H2,1H3. The minimum Gasteiger partial charge on any atom is -0.314 e. The second-order valence-corrected chi connectivity index (χ2v) is 4.81. The lowest BCUT2D eigenvalue weighted by Gasteiger charge is -2.30. The van der Waals surface area contributed by atoms with Gasteiger partial charge in [-0.15, -0.1) is 0 Å². The van der Waals surface area contributed by atoms with Crippen molar-refractivity contribution >= 4 is 0 Å². The van der Waals surface area contributed by atoms with Crippen LogP contribution in [0.5, 0.6) is 0 Å². The molecule has 2 heteroatoms. The van der Waals surface area contributed by atoms with Crippen molar-refractivity contribution in [1.82, 2.24) is 10.3 Å². The molecule has 0 radical (unpaired) electrons. The molecule has 1 aliphatic carbocycles. The predicted octanol–water partition coefficient (Wildman–Crippen LogP) is 2.79. The third-order valence-corrected chi connectivity index (χ3v) is 3.52. The molecular weight excluding hydrogens is 196 g/mol. The van der Waals surface area contributed by atoms with Crippen LogP contribution in [0.4, 0.5) is 0 Å². The van der Waals surface area contributed by atoms with E-state index >= 15 is 0 Å². The fourth-order valence-electron chi connectivity index (χ4n) is 2.43. The summed E-state index contributed by atoms with van der Waals surface area (Å²) in [6.45, 7) is 3.25. The third kappa shape index (κ3) is 3.31. The van der Waals surface area contributed by atoms with Gasteiger partial charge in [-0.2, -0.15) is 0 Å². The fourth-order valence-corrected chi connectivity index (χ4v) is 2.43. The molecule has 1 aromatic heterocycles. The lowest BCUT2D eigenvalue weighted by Crippen LogP contribution is -2.34.